The molecule has 2 heterocycles. The van der Waals surface area contributed by atoms with Crippen LogP contribution in [0.2, 0.25) is 0 Å². The molecule has 2 aromatic rings. The molecule has 26 heavy (non-hydrogen) atoms. The number of allylic oxidation sites excluding steroid dienone is 2. The van der Waals surface area contributed by atoms with Gasteiger partial charge in [-0.3, -0.25) is 4.79 Å². The van der Waals surface area contributed by atoms with Gasteiger partial charge < -0.3 is 9.47 Å². The van der Waals surface area contributed by atoms with E-state index in [0.717, 1.165) is 16.7 Å². The fourth-order valence-electron chi connectivity index (χ4n) is 3.74. The van der Waals surface area contributed by atoms with Gasteiger partial charge in [0, 0.05) is 42.9 Å². The van der Waals surface area contributed by atoms with E-state index in [0.29, 0.717) is 11.7 Å². The van der Waals surface area contributed by atoms with E-state index in [-0.39, 0.29) is 11.2 Å². The topological polar surface area (TPSA) is 51.0 Å². The second kappa shape index (κ2) is 6.27. The molecule has 0 unspecified atom stereocenters. The summed E-state index contributed by atoms with van der Waals surface area (Å²) in [4.78, 5) is 14.8. The molecule has 0 amide bonds. The van der Waals surface area contributed by atoms with Crippen molar-refractivity contribution in [2.75, 3.05) is 17.7 Å². The summed E-state index contributed by atoms with van der Waals surface area (Å²) in [5, 5.41) is 9.35. The largest absolute Gasteiger partial charge is 0.347 e. The van der Waals surface area contributed by atoms with E-state index in [1.807, 2.05) is 24.7 Å². The maximum Gasteiger partial charge on any atom is 0.191 e. The molecule has 0 spiro atoms. The number of fused-ring (bicyclic) bond motifs is 1. The first-order valence-corrected chi connectivity index (χ1v) is 9.98. The quantitative estimate of drug-likeness (QED) is 0.595. The van der Waals surface area contributed by atoms with Gasteiger partial charge in [0.25, 0.3) is 0 Å². The van der Waals surface area contributed by atoms with Crippen LogP contribution < -0.4 is 4.90 Å². The third-order valence-electron chi connectivity index (χ3n) is 5.39. The zero-order chi connectivity index (χ0) is 18.5. The van der Waals surface area contributed by atoms with Gasteiger partial charge in [-0.1, -0.05) is 43.8 Å². The van der Waals surface area contributed by atoms with E-state index in [4.69, 9.17) is 0 Å². The van der Waals surface area contributed by atoms with Gasteiger partial charge in [0.2, 0.25) is 0 Å². The molecule has 1 aromatic heterocycles. The molecule has 1 aliphatic heterocycles. The maximum absolute atomic E-state index is 12.6. The van der Waals surface area contributed by atoms with Gasteiger partial charge in [-0.05, 0) is 24.5 Å². The van der Waals surface area contributed by atoms with Crippen molar-refractivity contribution in [3.8, 4) is 0 Å². The number of nitrogens with zero attached hydrogens (tertiary/aromatic N) is 4. The second-order valence-corrected chi connectivity index (χ2v) is 8.60. The van der Waals surface area contributed by atoms with Gasteiger partial charge in [0.15, 0.2) is 10.9 Å². The minimum absolute atomic E-state index is 0.105. The van der Waals surface area contributed by atoms with Crippen molar-refractivity contribution in [1.82, 2.24) is 14.8 Å². The summed E-state index contributed by atoms with van der Waals surface area (Å²) in [5.74, 6) is 2.09. The third-order valence-corrected chi connectivity index (χ3v) is 6.44. The van der Waals surface area contributed by atoms with Crippen LogP contribution in [0.4, 0.5) is 5.69 Å². The first-order chi connectivity index (χ1) is 12.4. The predicted molar refractivity (Wildman–Crippen MR) is 105 cm³/mol. The Morgan fingerprint density at radius 2 is 2.00 bits per heavy atom. The summed E-state index contributed by atoms with van der Waals surface area (Å²) in [6.07, 6.45) is 4.19. The number of thioether (sulfide) groups is 1. The lowest BCUT2D eigenvalue weighted by Crippen LogP contribution is -2.24. The Hall–Kier alpha value is -2.08. The number of anilines is 1. The van der Waals surface area contributed by atoms with Crippen molar-refractivity contribution in [2.24, 2.45) is 7.05 Å². The average Bonchev–Trinajstić information content (AvgIpc) is 3.37. The van der Waals surface area contributed by atoms with Crippen LogP contribution in [0.15, 0.2) is 41.2 Å². The zero-order valence-electron chi connectivity index (χ0n) is 15.7. The Kier molecular flexibility index (Phi) is 4.18. The number of rotatable bonds is 5. The van der Waals surface area contributed by atoms with Crippen molar-refractivity contribution in [1.29, 1.82) is 0 Å². The highest BCUT2D eigenvalue weighted by molar-refractivity contribution is 7.99. The number of likely N-dealkylation sites (N-methyl/N-ethyl adjacent to an activating group) is 1. The van der Waals surface area contributed by atoms with E-state index in [1.54, 1.807) is 6.08 Å². The third kappa shape index (κ3) is 2.86. The van der Waals surface area contributed by atoms with Gasteiger partial charge in [0.1, 0.15) is 5.82 Å². The number of benzene rings is 1. The molecule has 0 atom stereocenters. The van der Waals surface area contributed by atoms with Crippen LogP contribution >= 0.6 is 11.8 Å². The van der Waals surface area contributed by atoms with Gasteiger partial charge >= 0.3 is 0 Å². The van der Waals surface area contributed by atoms with Gasteiger partial charge in [-0.2, -0.15) is 0 Å². The molecule has 0 bridgehead atoms. The molecular formula is C20H24N4OS. The lowest BCUT2D eigenvalue weighted by atomic mass is 9.83. The second-order valence-electron chi connectivity index (χ2n) is 7.66. The van der Waals surface area contributed by atoms with Crippen LogP contribution in [0.5, 0.6) is 0 Å². The molecule has 1 aromatic carbocycles. The van der Waals surface area contributed by atoms with Crippen molar-refractivity contribution in [3.63, 3.8) is 0 Å². The number of ketones is 1. The summed E-state index contributed by atoms with van der Waals surface area (Å²) in [6.45, 7) is 4.35. The van der Waals surface area contributed by atoms with Crippen molar-refractivity contribution in [2.45, 2.75) is 43.2 Å². The highest BCUT2D eigenvalue weighted by Crippen LogP contribution is 2.46. The summed E-state index contributed by atoms with van der Waals surface area (Å²) in [5.41, 5.74) is 3.30. The van der Waals surface area contributed by atoms with Crippen molar-refractivity contribution >= 4 is 23.2 Å². The van der Waals surface area contributed by atoms with Crippen LogP contribution in [-0.2, 0) is 17.3 Å². The zero-order valence-corrected chi connectivity index (χ0v) is 16.5. The highest BCUT2D eigenvalue weighted by atomic mass is 32.2. The molecule has 1 aliphatic carbocycles. The van der Waals surface area contributed by atoms with Crippen LogP contribution in [0, 0.1) is 0 Å². The number of carbonyl (C=O) groups is 1. The van der Waals surface area contributed by atoms with Crippen LogP contribution in [0.1, 0.15) is 44.0 Å². The average molecular weight is 369 g/mol. The molecule has 0 radical (unpaired) electrons. The van der Waals surface area contributed by atoms with Crippen LogP contribution in [0.3, 0.4) is 0 Å². The molecule has 4 rings (SSSR count). The minimum atomic E-state index is -0.171. The Labute approximate surface area is 158 Å². The molecule has 2 aliphatic rings. The monoisotopic (exact) mass is 368 g/mol. The number of para-hydroxylation sites is 1. The molecule has 6 heteroatoms. The van der Waals surface area contributed by atoms with Crippen LogP contribution in [0.25, 0.3) is 0 Å². The summed E-state index contributed by atoms with van der Waals surface area (Å²) in [7, 11) is 4.02. The maximum atomic E-state index is 12.6. The molecule has 0 N–H and O–H groups in total. The van der Waals surface area contributed by atoms with E-state index in [1.165, 1.54) is 35.9 Å². The van der Waals surface area contributed by atoms with E-state index >= 15 is 0 Å². The van der Waals surface area contributed by atoms with Crippen molar-refractivity contribution < 1.29 is 4.79 Å². The van der Waals surface area contributed by atoms with E-state index < -0.39 is 0 Å². The first-order valence-electron chi connectivity index (χ1n) is 9.00. The van der Waals surface area contributed by atoms with Gasteiger partial charge in [0.05, 0.1) is 5.75 Å². The number of carbonyl (C=O) groups excluding carboxylic acids is 1. The van der Waals surface area contributed by atoms with Gasteiger partial charge in [-0.25, -0.2) is 0 Å². The van der Waals surface area contributed by atoms with E-state index in [9.17, 15) is 4.79 Å². The first kappa shape index (κ1) is 17.3. The van der Waals surface area contributed by atoms with Crippen LogP contribution in [-0.4, -0.2) is 33.3 Å². The Balaban J connectivity index is 1.49. The number of hydrogen-bond acceptors (Lipinski definition) is 5. The molecule has 5 nitrogen and oxygen atoms in total. The Morgan fingerprint density at radius 3 is 2.69 bits per heavy atom. The fraction of sp³-hybridized carbons (Fsp3) is 0.450. The molecule has 1 saturated carbocycles. The number of hydrogen-bond donors (Lipinski definition) is 0. The molecular weight excluding hydrogens is 344 g/mol. The smallest absolute Gasteiger partial charge is 0.191 e. The summed E-state index contributed by atoms with van der Waals surface area (Å²) in [6, 6.07) is 8.35. The Morgan fingerprint density at radius 1 is 1.27 bits per heavy atom. The molecule has 0 saturated heterocycles. The lowest BCUT2D eigenvalue weighted by Gasteiger charge is -2.23. The van der Waals surface area contributed by atoms with Crippen molar-refractivity contribution in [3.05, 3.63) is 47.4 Å². The van der Waals surface area contributed by atoms with E-state index in [2.05, 4.69) is 47.1 Å². The lowest BCUT2D eigenvalue weighted by molar-refractivity contribution is -0.112. The highest BCUT2D eigenvalue weighted by Gasteiger charge is 2.38. The molecule has 136 valence electrons. The Bertz CT molecular complexity index is 895. The SMILES string of the molecule is CN1C(=CC(=O)CSc2nnc(C3CC3)n2C)C(C)(C)c2ccccc21. The summed E-state index contributed by atoms with van der Waals surface area (Å²) >= 11 is 1.47. The predicted octanol–water partition coefficient (Wildman–Crippen LogP) is 3.67. The minimum Gasteiger partial charge on any atom is -0.347 e. The number of aromatic nitrogens is 3. The van der Waals surface area contributed by atoms with Gasteiger partial charge in [-0.15, -0.1) is 10.2 Å². The normalized spacial score (nSPS) is 19.8. The summed E-state index contributed by atoms with van der Waals surface area (Å²) < 4.78 is 2.03. The standard InChI is InChI=1S/C20H24N4OS/c1-20(2)15-7-5-6-8-16(15)23(3)17(20)11-14(25)12-26-19-22-21-18(24(19)4)13-9-10-13/h5-8,11,13H,9-10,12H2,1-4H3. The molecule has 1 fully saturated rings. The fourth-order valence-corrected chi connectivity index (χ4v) is 4.48.